The smallest absolute Gasteiger partial charge is 0.303 e. The Hall–Kier alpha value is -6.18. The van der Waals surface area contributed by atoms with Crippen molar-refractivity contribution in [2.24, 2.45) is 0 Å². The largest absolute Gasteiger partial charge is 0.508 e. The number of aromatic amines is 1. The first-order valence-corrected chi connectivity index (χ1v) is 16.4. The molecule has 0 aliphatic heterocycles. The summed E-state index contributed by atoms with van der Waals surface area (Å²) in [7, 11) is 1.42. The van der Waals surface area contributed by atoms with E-state index in [0.29, 0.717) is 11.1 Å². The molecule has 0 unspecified atom stereocenters. The highest BCUT2D eigenvalue weighted by Gasteiger charge is 2.32. The third kappa shape index (κ3) is 11.2. The second-order valence-corrected chi connectivity index (χ2v) is 12.1. The number of amides is 5. The first-order valence-electron chi connectivity index (χ1n) is 16.4. The number of carboxylic acids is 1. The molecular formula is C37H42N6O8. The Morgan fingerprint density at radius 2 is 1.18 bits per heavy atom. The van der Waals surface area contributed by atoms with Gasteiger partial charge in [-0.25, -0.2) is 0 Å². The second-order valence-electron chi connectivity index (χ2n) is 12.1. The number of benzene rings is 3. The number of rotatable bonds is 17. The van der Waals surface area contributed by atoms with Crippen molar-refractivity contribution in [3.05, 3.63) is 102 Å². The van der Waals surface area contributed by atoms with E-state index in [0.717, 1.165) is 16.5 Å². The number of nitrogens with one attached hydrogen (secondary N) is 6. The van der Waals surface area contributed by atoms with Crippen LogP contribution in [-0.2, 0) is 48.0 Å². The number of likely N-dealkylation sites (N-methyl/N-ethyl adjacent to an activating group) is 1. The average Bonchev–Trinajstić information content (AvgIpc) is 3.52. The molecule has 8 N–H and O–H groups in total. The number of para-hydroxylation sites is 1. The molecule has 14 heteroatoms. The second kappa shape index (κ2) is 18.0. The molecule has 0 saturated carbocycles. The Morgan fingerprint density at radius 3 is 1.78 bits per heavy atom. The van der Waals surface area contributed by atoms with Gasteiger partial charge in [0.2, 0.25) is 29.5 Å². The molecule has 4 rings (SSSR count). The van der Waals surface area contributed by atoms with Crippen molar-refractivity contribution in [3.63, 3.8) is 0 Å². The fourth-order valence-corrected chi connectivity index (χ4v) is 5.64. The van der Waals surface area contributed by atoms with Crippen LogP contribution in [0.3, 0.4) is 0 Å². The van der Waals surface area contributed by atoms with Gasteiger partial charge in [0, 0.05) is 56.8 Å². The van der Waals surface area contributed by atoms with Gasteiger partial charge in [0.15, 0.2) is 0 Å². The van der Waals surface area contributed by atoms with Crippen molar-refractivity contribution in [1.82, 2.24) is 31.6 Å². The van der Waals surface area contributed by atoms with E-state index >= 15 is 0 Å². The van der Waals surface area contributed by atoms with E-state index in [9.17, 15) is 39.0 Å². The fraction of sp³-hybridized carbons (Fsp3) is 0.297. The van der Waals surface area contributed by atoms with Gasteiger partial charge in [0.05, 0.1) is 0 Å². The van der Waals surface area contributed by atoms with Gasteiger partial charge in [0.25, 0.3) is 0 Å². The molecule has 268 valence electrons. The minimum atomic E-state index is -1.39. The van der Waals surface area contributed by atoms with Gasteiger partial charge >= 0.3 is 5.97 Å². The molecule has 0 saturated heterocycles. The fourth-order valence-electron chi connectivity index (χ4n) is 5.64. The number of phenols is 1. The number of aromatic nitrogens is 1. The summed E-state index contributed by atoms with van der Waals surface area (Å²) >= 11 is 0. The lowest BCUT2D eigenvalue weighted by molar-refractivity contribution is -0.138. The number of phenolic OH excluding ortho intramolecular Hbond substituents is 1. The number of carbonyl (C=O) groups excluding carboxylic acids is 5. The first kappa shape index (κ1) is 37.6. The maximum atomic E-state index is 13.9. The summed E-state index contributed by atoms with van der Waals surface area (Å²) in [6, 6.07) is 17.6. The Balaban J connectivity index is 1.56. The van der Waals surface area contributed by atoms with E-state index < -0.39 is 66.1 Å². The zero-order chi connectivity index (χ0) is 36.9. The van der Waals surface area contributed by atoms with Crippen LogP contribution >= 0.6 is 0 Å². The average molecular weight is 699 g/mol. The molecule has 1 aromatic heterocycles. The Bertz CT molecular complexity index is 1840. The van der Waals surface area contributed by atoms with Gasteiger partial charge in [-0.3, -0.25) is 28.8 Å². The monoisotopic (exact) mass is 698 g/mol. The van der Waals surface area contributed by atoms with Gasteiger partial charge in [-0.2, -0.15) is 0 Å². The van der Waals surface area contributed by atoms with Crippen molar-refractivity contribution in [2.45, 2.75) is 63.2 Å². The van der Waals surface area contributed by atoms with Crippen LogP contribution in [-0.4, -0.2) is 81.9 Å². The van der Waals surface area contributed by atoms with Crippen molar-refractivity contribution >= 4 is 46.4 Å². The van der Waals surface area contributed by atoms with Crippen LogP contribution in [0.15, 0.2) is 85.1 Å². The van der Waals surface area contributed by atoms with Crippen molar-refractivity contribution < 1.29 is 39.0 Å². The molecule has 0 spiro atoms. The molecule has 0 bridgehead atoms. The highest BCUT2D eigenvalue weighted by molar-refractivity contribution is 5.96. The van der Waals surface area contributed by atoms with Gasteiger partial charge in [-0.15, -0.1) is 0 Å². The third-order valence-corrected chi connectivity index (χ3v) is 8.24. The quantitative estimate of drug-likeness (QED) is 0.0806. The van der Waals surface area contributed by atoms with E-state index in [1.807, 2.05) is 24.3 Å². The lowest BCUT2D eigenvalue weighted by atomic mass is 10.0. The van der Waals surface area contributed by atoms with Crippen LogP contribution in [0.5, 0.6) is 5.75 Å². The van der Waals surface area contributed by atoms with Crippen LogP contribution < -0.4 is 26.6 Å². The zero-order valence-corrected chi connectivity index (χ0v) is 28.3. The number of hydrogen-bond donors (Lipinski definition) is 8. The molecule has 0 fully saturated rings. The summed E-state index contributed by atoms with van der Waals surface area (Å²) in [5.74, 6) is -4.40. The molecule has 3 aromatic carbocycles. The summed E-state index contributed by atoms with van der Waals surface area (Å²) in [5, 5.41) is 33.1. The summed E-state index contributed by atoms with van der Waals surface area (Å²) in [5.41, 5.74) is 2.92. The van der Waals surface area contributed by atoms with Crippen LogP contribution in [0.2, 0.25) is 0 Å². The predicted octanol–water partition coefficient (Wildman–Crippen LogP) is 1.47. The standard InChI is InChI=1S/C37H42N6O8/c1-22(44)40-30(19-24-12-14-26(45)15-13-24)36(50)42-31(18-23-8-4-3-5-9-23)37(51)41-29(16-17-33(46)47)35(49)43-32(34(48)38-2)20-25-21-39-28-11-7-6-10-27(25)28/h3-15,21,29-32,39,45H,16-20H2,1-2H3,(H,38,48)(H,40,44)(H,41,51)(H,42,50)(H,43,49)(H,46,47)/t29-,30-,31-,32-/m0/s1. The minimum Gasteiger partial charge on any atom is -0.508 e. The van der Waals surface area contributed by atoms with E-state index in [-0.39, 0.29) is 31.4 Å². The summed E-state index contributed by atoms with van der Waals surface area (Å²) in [6.45, 7) is 1.25. The number of hydrogen-bond acceptors (Lipinski definition) is 7. The summed E-state index contributed by atoms with van der Waals surface area (Å²) < 4.78 is 0. The molecule has 0 radical (unpaired) electrons. The first-order chi connectivity index (χ1) is 24.4. The number of carboxylic acid groups (broad SMARTS) is 1. The third-order valence-electron chi connectivity index (χ3n) is 8.24. The molecule has 0 aliphatic carbocycles. The van der Waals surface area contributed by atoms with E-state index in [1.165, 1.54) is 26.1 Å². The highest BCUT2D eigenvalue weighted by Crippen LogP contribution is 2.19. The predicted molar refractivity (Wildman–Crippen MR) is 188 cm³/mol. The molecule has 51 heavy (non-hydrogen) atoms. The van der Waals surface area contributed by atoms with Crippen LogP contribution in [0.25, 0.3) is 10.9 Å². The molecule has 0 aliphatic rings. The summed E-state index contributed by atoms with van der Waals surface area (Å²) in [4.78, 5) is 80.9. The Kier molecular flexibility index (Phi) is 13.3. The molecule has 5 amide bonds. The molecule has 14 nitrogen and oxygen atoms in total. The SMILES string of the molecule is CNC(=O)[C@H](Cc1c[nH]c2ccccc12)NC(=O)[C@H](CCC(=O)O)NC(=O)[C@H](Cc1ccccc1)NC(=O)[C@H](Cc1ccc(O)cc1)NC(C)=O. The van der Waals surface area contributed by atoms with Gasteiger partial charge in [-0.1, -0.05) is 60.7 Å². The minimum absolute atomic E-state index is 0.000880. The lowest BCUT2D eigenvalue weighted by Gasteiger charge is -2.26. The van der Waals surface area contributed by atoms with Crippen molar-refractivity contribution in [1.29, 1.82) is 0 Å². The van der Waals surface area contributed by atoms with Crippen LogP contribution in [0.4, 0.5) is 0 Å². The zero-order valence-electron chi connectivity index (χ0n) is 28.3. The number of fused-ring (bicyclic) bond motifs is 1. The number of carbonyl (C=O) groups is 6. The Morgan fingerprint density at radius 1 is 0.647 bits per heavy atom. The molecule has 4 aromatic rings. The Labute approximate surface area is 294 Å². The molecule has 1 heterocycles. The van der Waals surface area contributed by atoms with Gasteiger partial charge < -0.3 is 41.8 Å². The maximum Gasteiger partial charge on any atom is 0.303 e. The van der Waals surface area contributed by atoms with Crippen LogP contribution in [0.1, 0.15) is 36.5 Å². The number of aromatic hydroxyl groups is 1. The summed E-state index contributed by atoms with van der Waals surface area (Å²) in [6.07, 6.45) is 1.11. The maximum absolute atomic E-state index is 13.9. The van der Waals surface area contributed by atoms with Crippen molar-refractivity contribution in [3.8, 4) is 5.75 Å². The van der Waals surface area contributed by atoms with E-state index in [4.69, 9.17) is 0 Å². The number of aliphatic carboxylic acids is 1. The highest BCUT2D eigenvalue weighted by atomic mass is 16.4. The topological polar surface area (TPSA) is 219 Å². The molecule has 4 atom stereocenters. The number of H-pyrrole nitrogens is 1. The van der Waals surface area contributed by atoms with Gasteiger partial charge in [-0.05, 0) is 41.3 Å². The molecular weight excluding hydrogens is 656 g/mol. The van der Waals surface area contributed by atoms with E-state index in [1.54, 1.807) is 48.7 Å². The van der Waals surface area contributed by atoms with Crippen LogP contribution in [0, 0.1) is 0 Å². The normalized spacial score (nSPS) is 13.2. The van der Waals surface area contributed by atoms with E-state index in [2.05, 4.69) is 31.6 Å². The van der Waals surface area contributed by atoms with Crippen molar-refractivity contribution in [2.75, 3.05) is 7.05 Å². The lowest BCUT2D eigenvalue weighted by Crippen LogP contribution is -2.59. The van der Waals surface area contributed by atoms with Gasteiger partial charge in [0.1, 0.15) is 29.9 Å².